The summed E-state index contributed by atoms with van der Waals surface area (Å²) in [4.78, 5) is 0. The third-order valence-electron chi connectivity index (χ3n) is 0.747. The molecule has 0 radical (unpaired) electrons. The van der Waals surface area contributed by atoms with Crippen molar-refractivity contribution in [3.05, 3.63) is 12.7 Å². The van der Waals surface area contributed by atoms with E-state index in [2.05, 4.69) is 16.8 Å². The summed E-state index contributed by atoms with van der Waals surface area (Å²) in [6.45, 7) is 3.59. The largest absolute Gasteiger partial charge is 0.374 e. The number of hydrogen-bond acceptors (Lipinski definition) is 5. The molecule has 10 heavy (non-hydrogen) atoms. The lowest BCUT2D eigenvalue weighted by Crippen LogP contribution is -1.79. The van der Waals surface area contributed by atoms with Crippen molar-refractivity contribution in [1.29, 1.82) is 0 Å². The molecule has 54 valence electrons. The van der Waals surface area contributed by atoms with E-state index in [1.807, 2.05) is 6.08 Å². The van der Waals surface area contributed by atoms with Crippen LogP contribution in [0, 0.1) is 0 Å². The standard InChI is InChI=1S/C5H7N3S2/c1-2-3-9-5-8-7-4(6)10-5/h2H,1,3H2,(H2,6,7). The first-order valence-electron chi connectivity index (χ1n) is 2.65. The summed E-state index contributed by atoms with van der Waals surface area (Å²) in [6.07, 6.45) is 1.82. The molecule has 0 fully saturated rings. The third-order valence-corrected chi connectivity index (χ3v) is 2.63. The highest BCUT2D eigenvalue weighted by atomic mass is 32.2. The van der Waals surface area contributed by atoms with Gasteiger partial charge >= 0.3 is 0 Å². The van der Waals surface area contributed by atoms with Gasteiger partial charge in [-0.3, -0.25) is 0 Å². The lowest BCUT2D eigenvalue weighted by atomic mass is 10.8. The number of nitrogens with two attached hydrogens (primary N) is 1. The first-order valence-corrected chi connectivity index (χ1v) is 4.46. The van der Waals surface area contributed by atoms with E-state index in [9.17, 15) is 0 Å². The van der Waals surface area contributed by atoms with Crippen molar-refractivity contribution in [2.75, 3.05) is 11.5 Å². The predicted octanol–water partition coefficient (Wildman–Crippen LogP) is 1.40. The van der Waals surface area contributed by atoms with Crippen molar-refractivity contribution >= 4 is 28.2 Å². The smallest absolute Gasteiger partial charge is 0.203 e. The second-order valence-corrected chi connectivity index (χ2v) is 3.78. The molecule has 2 N–H and O–H groups in total. The van der Waals surface area contributed by atoms with Crippen LogP contribution in [0.3, 0.4) is 0 Å². The van der Waals surface area contributed by atoms with E-state index < -0.39 is 0 Å². The van der Waals surface area contributed by atoms with E-state index in [-0.39, 0.29) is 0 Å². The molecule has 0 amide bonds. The Labute approximate surface area is 67.3 Å². The van der Waals surface area contributed by atoms with Crippen molar-refractivity contribution in [3.63, 3.8) is 0 Å². The molecule has 0 bridgehead atoms. The van der Waals surface area contributed by atoms with Gasteiger partial charge in [0.2, 0.25) is 5.13 Å². The van der Waals surface area contributed by atoms with E-state index in [1.54, 1.807) is 11.8 Å². The molecule has 3 nitrogen and oxygen atoms in total. The fourth-order valence-electron chi connectivity index (χ4n) is 0.409. The molecule has 1 heterocycles. The van der Waals surface area contributed by atoms with Gasteiger partial charge in [0.1, 0.15) is 0 Å². The maximum atomic E-state index is 5.36. The topological polar surface area (TPSA) is 51.8 Å². The summed E-state index contributed by atoms with van der Waals surface area (Å²) >= 11 is 2.99. The van der Waals surface area contributed by atoms with E-state index in [0.717, 1.165) is 10.1 Å². The molecular weight excluding hydrogens is 166 g/mol. The van der Waals surface area contributed by atoms with Gasteiger partial charge in [-0.1, -0.05) is 29.2 Å². The zero-order chi connectivity index (χ0) is 7.40. The summed E-state index contributed by atoms with van der Waals surface area (Å²) in [7, 11) is 0. The molecule has 1 aromatic rings. The van der Waals surface area contributed by atoms with Crippen LogP contribution in [0.5, 0.6) is 0 Å². The fraction of sp³-hybridized carbons (Fsp3) is 0.200. The molecule has 0 atom stereocenters. The Hall–Kier alpha value is -0.550. The molecule has 0 unspecified atom stereocenters. The first-order chi connectivity index (χ1) is 4.83. The van der Waals surface area contributed by atoms with Crippen molar-refractivity contribution in [2.45, 2.75) is 4.34 Å². The summed E-state index contributed by atoms with van der Waals surface area (Å²) in [5.41, 5.74) is 5.36. The van der Waals surface area contributed by atoms with Gasteiger partial charge in [0.25, 0.3) is 0 Å². The Morgan fingerprint density at radius 1 is 1.70 bits per heavy atom. The molecule has 0 aliphatic rings. The van der Waals surface area contributed by atoms with Gasteiger partial charge in [-0.2, -0.15) is 0 Å². The number of nitrogen functional groups attached to an aromatic ring is 1. The minimum atomic E-state index is 0.520. The molecule has 0 aromatic carbocycles. The van der Waals surface area contributed by atoms with E-state index >= 15 is 0 Å². The lowest BCUT2D eigenvalue weighted by molar-refractivity contribution is 1.02. The van der Waals surface area contributed by atoms with Crippen LogP contribution >= 0.6 is 23.1 Å². The Morgan fingerprint density at radius 3 is 3.00 bits per heavy atom. The highest BCUT2D eigenvalue weighted by molar-refractivity contribution is 8.01. The maximum Gasteiger partial charge on any atom is 0.203 e. The molecule has 0 spiro atoms. The van der Waals surface area contributed by atoms with Crippen LogP contribution in [-0.4, -0.2) is 16.0 Å². The molecule has 0 saturated heterocycles. The van der Waals surface area contributed by atoms with Gasteiger partial charge in [0, 0.05) is 5.75 Å². The van der Waals surface area contributed by atoms with E-state index in [1.165, 1.54) is 11.3 Å². The van der Waals surface area contributed by atoms with Crippen LogP contribution < -0.4 is 5.73 Å². The Kier molecular flexibility index (Phi) is 2.70. The van der Waals surface area contributed by atoms with Crippen LogP contribution in [0.4, 0.5) is 5.13 Å². The van der Waals surface area contributed by atoms with Crippen LogP contribution in [0.25, 0.3) is 0 Å². The molecule has 1 rings (SSSR count). The first kappa shape index (κ1) is 7.56. The highest BCUT2D eigenvalue weighted by Crippen LogP contribution is 2.22. The van der Waals surface area contributed by atoms with Crippen LogP contribution in [0.2, 0.25) is 0 Å². The summed E-state index contributed by atoms with van der Waals surface area (Å²) in [5, 5.41) is 7.99. The SMILES string of the molecule is C=CCSc1nnc(N)s1. The van der Waals surface area contributed by atoms with Gasteiger partial charge in [-0.05, 0) is 0 Å². The number of nitrogens with zero attached hydrogens (tertiary/aromatic N) is 2. The Bertz CT molecular complexity index is 220. The lowest BCUT2D eigenvalue weighted by Gasteiger charge is -1.84. The van der Waals surface area contributed by atoms with Gasteiger partial charge in [-0.15, -0.1) is 16.8 Å². The molecule has 0 saturated carbocycles. The zero-order valence-corrected chi connectivity index (χ0v) is 6.91. The average Bonchev–Trinajstić information content (AvgIpc) is 2.31. The van der Waals surface area contributed by atoms with Crippen molar-refractivity contribution in [1.82, 2.24) is 10.2 Å². The summed E-state index contributed by atoms with van der Waals surface area (Å²) in [6, 6.07) is 0. The number of hydrogen-bond donors (Lipinski definition) is 1. The minimum absolute atomic E-state index is 0.520. The molecule has 0 aliphatic carbocycles. The van der Waals surface area contributed by atoms with E-state index in [4.69, 9.17) is 5.73 Å². The van der Waals surface area contributed by atoms with Gasteiger partial charge < -0.3 is 5.73 Å². The second kappa shape index (κ2) is 3.58. The Morgan fingerprint density at radius 2 is 2.50 bits per heavy atom. The van der Waals surface area contributed by atoms with Crippen molar-refractivity contribution in [3.8, 4) is 0 Å². The number of rotatable bonds is 3. The third kappa shape index (κ3) is 2.00. The molecule has 1 aromatic heterocycles. The predicted molar refractivity (Wildman–Crippen MR) is 45.2 cm³/mol. The number of aromatic nitrogens is 2. The quantitative estimate of drug-likeness (QED) is 0.554. The minimum Gasteiger partial charge on any atom is -0.374 e. The van der Waals surface area contributed by atoms with Crippen LogP contribution in [-0.2, 0) is 0 Å². The zero-order valence-electron chi connectivity index (χ0n) is 5.28. The second-order valence-electron chi connectivity index (χ2n) is 1.51. The average molecular weight is 173 g/mol. The molecular formula is C5H7N3S2. The summed E-state index contributed by atoms with van der Waals surface area (Å²) < 4.78 is 0.900. The normalized spacial score (nSPS) is 9.60. The van der Waals surface area contributed by atoms with Crippen LogP contribution in [0.1, 0.15) is 0 Å². The van der Waals surface area contributed by atoms with Gasteiger partial charge in [0.05, 0.1) is 0 Å². The van der Waals surface area contributed by atoms with E-state index in [0.29, 0.717) is 5.13 Å². The summed E-state index contributed by atoms with van der Waals surface area (Å²) in [5.74, 6) is 0.856. The monoisotopic (exact) mass is 173 g/mol. The number of thioether (sulfide) groups is 1. The van der Waals surface area contributed by atoms with Crippen LogP contribution in [0.15, 0.2) is 17.0 Å². The molecule has 0 aliphatic heterocycles. The van der Waals surface area contributed by atoms with Crippen molar-refractivity contribution in [2.24, 2.45) is 0 Å². The Balaban J connectivity index is 2.49. The maximum absolute atomic E-state index is 5.36. The van der Waals surface area contributed by atoms with Gasteiger partial charge in [-0.25, -0.2) is 0 Å². The highest BCUT2D eigenvalue weighted by Gasteiger charge is 1.98. The van der Waals surface area contributed by atoms with Gasteiger partial charge in [0.15, 0.2) is 4.34 Å². The fourth-order valence-corrected chi connectivity index (χ4v) is 1.81. The number of anilines is 1. The molecule has 5 heteroatoms. The van der Waals surface area contributed by atoms with Crippen molar-refractivity contribution < 1.29 is 0 Å².